The van der Waals surface area contributed by atoms with Crippen LogP contribution in [0, 0.1) is 11.3 Å². The summed E-state index contributed by atoms with van der Waals surface area (Å²) in [7, 11) is 0. The zero-order chi connectivity index (χ0) is 17.5. The predicted octanol–water partition coefficient (Wildman–Crippen LogP) is 4.86. The van der Waals surface area contributed by atoms with E-state index < -0.39 is 0 Å². The number of hydrogen-bond acceptors (Lipinski definition) is 3. The lowest BCUT2D eigenvalue weighted by molar-refractivity contribution is -0.143. The molecule has 0 aliphatic carbocycles. The van der Waals surface area contributed by atoms with E-state index >= 15 is 0 Å². The van der Waals surface area contributed by atoms with Crippen molar-refractivity contribution in [3.8, 4) is 6.07 Å². The van der Waals surface area contributed by atoms with Gasteiger partial charge in [0.25, 0.3) is 0 Å². The lowest BCUT2D eigenvalue weighted by atomic mass is 10.0. The maximum absolute atomic E-state index is 11.9. The average Bonchev–Trinajstić information content (AvgIpc) is 2.66. The molecule has 0 bridgehead atoms. The summed E-state index contributed by atoms with van der Waals surface area (Å²) in [5.41, 5.74) is 2.32. The van der Waals surface area contributed by atoms with E-state index in [9.17, 15) is 10.1 Å². The molecule has 0 saturated carbocycles. The maximum Gasteiger partial charge on any atom is 0.309 e. The van der Waals surface area contributed by atoms with Gasteiger partial charge >= 0.3 is 5.97 Å². The number of fused-ring (bicyclic) bond motifs is 1. The van der Waals surface area contributed by atoms with Gasteiger partial charge < -0.3 is 4.74 Å². The Hall–Kier alpha value is -3.38. The Balaban J connectivity index is 1.63. The Labute approximate surface area is 146 Å². The van der Waals surface area contributed by atoms with E-state index in [0.717, 1.165) is 21.9 Å². The second-order valence-corrected chi connectivity index (χ2v) is 5.61. The van der Waals surface area contributed by atoms with Crippen molar-refractivity contribution in [1.29, 1.82) is 5.26 Å². The van der Waals surface area contributed by atoms with E-state index in [1.54, 1.807) is 6.08 Å². The molecule has 3 aromatic carbocycles. The molecular weight excluding hydrogens is 310 g/mol. The Morgan fingerprint density at radius 1 is 1.00 bits per heavy atom. The number of nitriles is 1. The number of benzene rings is 3. The van der Waals surface area contributed by atoms with Crippen LogP contribution in [0.2, 0.25) is 0 Å². The minimum Gasteiger partial charge on any atom is -0.461 e. The predicted molar refractivity (Wildman–Crippen MR) is 98.6 cm³/mol. The highest BCUT2D eigenvalue weighted by Gasteiger charge is 2.09. The van der Waals surface area contributed by atoms with Crippen LogP contribution >= 0.6 is 0 Å². The third-order valence-electron chi connectivity index (χ3n) is 3.91. The fraction of sp³-hybridized carbons (Fsp3) is 0.0909. The van der Waals surface area contributed by atoms with Gasteiger partial charge in [-0.05, 0) is 16.3 Å². The molecule has 0 aliphatic heterocycles. The van der Waals surface area contributed by atoms with Crippen LogP contribution in [0.25, 0.3) is 16.8 Å². The largest absolute Gasteiger partial charge is 0.461 e. The maximum atomic E-state index is 11.9. The Morgan fingerprint density at radius 2 is 1.76 bits per heavy atom. The summed E-state index contributed by atoms with van der Waals surface area (Å²) < 4.78 is 5.32. The molecule has 0 aliphatic rings. The Bertz CT molecular complexity index is 953. The highest BCUT2D eigenvalue weighted by Crippen LogP contribution is 2.22. The summed E-state index contributed by atoms with van der Waals surface area (Å²) >= 11 is 0. The van der Waals surface area contributed by atoms with Crippen molar-refractivity contribution in [3.05, 3.63) is 89.5 Å². The molecule has 25 heavy (non-hydrogen) atoms. The summed E-state index contributed by atoms with van der Waals surface area (Å²) in [5, 5.41) is 11.3. The molecule has 122 valence electrons. The minimum atomic E-state index is -0.316. The fourth-order valence-corrected chi connectivity index (χ4v) is 2.64. The molecule has 0 N–H and O–H groups in total. The third-order valence-corrected chi connectivity index (χ3v) is 3.91. The zero-order valence-electron chi connectivity index (χ0n) is 13.7. The summed E-state index contributed by atoms with van der Waals surface area (Å²) in [6.07, 6.45) is 3.87. The van der Waals surface area contributed by atoms with Crippen LogP contribution in [-0.4, -0.2) is 5.97 Å². The summed E-state index contributed by atoms with van der Waals surface area (Å²) in [4.78, 5) is 11.9. The summed E-state index contributed by atoms with van der Waals surface area (Å²) in [6, 6.07) is 23.5. The van der Waals surface area contributed by atoms with Crippen LogP contribution in [0.1, 0.15) is 23.1 Å². The second-order valence-electron chi connectivity index (χ2n) is 5.61. The summed E-state index contributed by atoms with van der Waals surface area (Å²) in [6.45, 7) is 0.103. The number of esters is 1. The van der Waals surface area contributed by atoms with Gasteiger partial charge in [-0.15, -0.1) is 0 Å². The van der Waals surface area contributed by atoms with Crippen LogP contribution < -0.4 is 0 Å². The normalized spacial score (nSPS) is 10.7. The average molecular weight is 327 g/mol. The van der Waals surface area contributed by atoms with Crippen LogP contribution in [0.3, 0.4) is 0 Å². The number of nitrogens with zero attached hydrogens (tertiary/aromatic N) is 1. The molecule has 3 heteroatoms. The minimum absolute atomic E-state index is 0.103. The fourth-order valence-electron chi connectivity index (χ4n) is 2.64. The molecule has 0 unspecified atom stereocenters. The molecule has 3 aromatic rings. The molecule has 0 heterocycles. The molecule has 0 saturated heterocycles. The van der Waals surface area contributed by atoms with Crippen LogP contribution in [0.15, 0.2) is 72.8 Å². The highest BCUT2D eigenvalue weighted by molar-refractivity contribution is 5.89. The second kappa shape index (κ2) is 7.94. The first kappa shape index (κ1) is 16.5. The molecule has 0 fully saturated rings. The van der Waals surface area contributed by atoms with Crippen molar-refractivity contribution in [2.75, 3.05) is 0 Å². The molecule has 0 spiro atoms. The number of carbonyl (C=O) groups is 1. The topological polar surface area (TPSA) is 50.1 Å². The summed E-state index contributed by atoms with van der Waals surface area (Å²) in [5.74, 6) is -0.316. The standard InChI is InChI=1S/C22H17NO2/c23-15-21-19(14-13-18-10-4-5-11-20(18)21)16-25-22(24)12-6-9-17-7-2-1-3-8-17/h1-11,13-14H,12,16H2. The van der Waals surface area contributed by atoms with Gasteiger partial charge in [-0.25, -0.2) is 0 Å². The van der Waals surface area contributed by atoms with Gasteiger partial charge in [-0.1, -0.05) is 78.9 Å². The van der Waals surface area contributed by atoms with Gasteiger partial charge in [0, 0.05) is 5.56 Å². The van der Waals surface area contributed by atoms with Gasteiger partial charge in [-0.3, -0.25) is 4.79 Å². The van der Waals surface area contributed by atoms with Crippen LogP contribution in [0.4, 0.5) is 0 Å². The van der Waals surface area contributed by atoms with Crippen LogP contribution in [0.5, 0.6) is 0 Å². The highest BCUT2D eigenvalue weighted by atomic mass is 16.5. The van der Waals surface area contributed by atoms with Gasteiger partial charge in [0.15, 0.2) is 0 Å². The molecule has 3 rings (SSSR count). The number of hydrogen-bond donors (Lipinski definition) is 0. The van der Waals surface area contributed by atoms with E-state index in [0.29, 0.717) is 5.56 Å². The molecule has 0 atom stereocenters. The van der Waals surface area contributed by atoms with Crippen molar-refractivity contribution in [2.45, 2.75) is 13.0 Å². The zero-order valence-corrected chi connectivity index (χ0v) is 13.7. The monoisotopic (exact) mass is 327 g/mol. The molecule has 3 nitrogen and oxygen atoms in total. The van der Waals surface area contributed by atoms with E-state index in [4.69, 9.17) is 4.74 Å². The number of ether oxygens (including phenoxy) is 1. The van der Waals surface area contributed by atoms with Gasteiger partial charge in [-0.2, -0.15) is 5.26 Å². The first-order valence-electron chi connectivity index (χ1n) is 8.06. The van der Waals surface area contributed by atoms with Gasteiger partial charge in [0.05, 0.1) is 12.0 Å². The molecule has 0 aromatic heterocycles. The van der Waals surface area contributed by atoms with E-state index in [-0.39, 0.29) is 19.0 Å². The van der Waals surface area contributed by atoms with E-state index in [2.05, 4.69) is 6.07 Å². The van der Waals surface area contributed by atoms with E-state index in [1.165, 1.54) is 0 Å². The first-order valence-corrected chi connectivity index (χ1v) is 8.06. The first-order chi connectivity index (χ1) is 12.3. The van der Waals surface area contributed by atoms with Crippen molar-refractivity contribution in [2.24, 2.45) is 0 Å². The van der Waals surface area contributed by atoms with Crippen molar-refractivity contribution >= 4 is 22.8 Å². The smallest absolute Gasteiger partial charge is 0.309 e. The Kier molecular flexibility index (Phi) is 5.23. The number of rotatable bonds is 5. The molecule has 0 amide bonds. The lowest BCUT2D eigenvalue weighted by Crippen LogP contribution is -2.04. The van der Waals surface area contributed by atoms with Crippen molar-refractivity contribution < 1.29 is 9.53 Å². The lowest BCUT2D eigenvalue weighted by Gasteiger charge is -2.08. The van der Waals surface area contributed by atoms with Gasteiger partial charge in [0.2, 0.25) is 0 Å². The SMILES string of the molecule is N#Cc1c(COC(=O)CC=Cc2ccccc2)ccc2ccccc12. The number of carbonyl (C=O) groups excluding carboxylic acids is 1. The van der Waals surface area contributed by atoms with Crippen molar-refractivity contribution in [3.63, 3.8) is 0 Å². The molecule has 0 radical (unpaired) electrons. The van der Waals surface area contributed by atoms with Gasteiger partial charge in [0.1, 0.15) is 12.7 Å². The quantitative estimate of drug-likeness (QED) is 0.629. The Morgan fingerprint density at radius 3 is 2.56 bits per heavy atom. The van der Waals surface area contributed by atoms with Crippen LogP contribution in [-0.2, 0) is 16.1 Å². The third kappa shape index (κ3) is 4.13. The van der Waals surface area contributed by atoms with E-state index in [1.807, 2.05) is 72.8 Å². The van der Waals surface area contributed by atoms with Crippen molar-refractivity contribution in [1.82, 2.24) is 0 Å². The molecular formula is C22H17NO2.